The molecule has 0 saturated heterocycles. The lowest BCUT2D eigenvalue weighted by atomic mass is 9.83. The molecule has 98 valence electrons. The van der Waals surface area contributed by atoms with Crippen LogP contribution in [0.15, 0.2) is 30.3 Å². The van der Waals surface area contributed by atoms with Gasteiger partial charge < -0.3 is 0 Å². The molecule has 0 nitrogen and oxygen atoms in total. The van der Waals surface area contributed by atoms with Crippen molar-refractivity contribution in [3.05, 3.63) is 40.9 Å². The van der Waals surface area contributed by atoms with Crippen LogP contribution in [0.4, 0.5) is 8.78 Å². The fourth-order valence-corrected chi connectivity index (χ4v) is 2.76. The van der Waals surface area contributed by atoms with Gasteiger partial charge in [-0.05, 0) is 30.0 Å². The van der Waals surface area contributed by atoms with Crippen LogP contribution >= 0.6 is 11.6 Å². The quantitative estimate of drug-likeness (QED) is 0.640. The van der Waals surface area contributed by atoms with Crippen LogP contribution in [-0.2, 0) is 0 Å². The summed E-state index contributed by atoms with van der Waals surface area (Å²) >= 11 is 5.78. The molecule has 1 saturated carbocycles. The first-order valence-electron chi connectivity index (χ1n) is 6.47. The van der Waals surface area contributed by atoms with Crippen LogP contribution in [0.2, 0.25) is 5.02 Å². The average molecular weight is 271 g/mol. The second-order valence-corrected chi connectivity index (χ2v) is 5.39. The van der Waals surface area contributed by atoms with E-state index in [9.17, 15) is 8.78 Å². The normalized spacial score (nSPS) is 16.6. The Bertz CT molecular complexity index is 413. The molecule has 0 atom stereocenters. The summed E-state index contributed by atoms with van der Waals surface area (Å²) in [5, 5.41) is 0.579. The number of rotatable bonds is 3. The number of hydrogen-bond donors (Lipinski definition) is 0. The van der Waals surface area contributed by atoms with Crippen LogP contribution < -0.4 is 0 Å². The monoisotopic (exact) mass is 270 g/mol. The van der Waals surface area contributed by atoms with Crippen molar-refractivity contribution in [3.63, 3.8) is 0 Å². The van der Waals surface area contributed by atoms with Gasteiger partial charge in [0.05, 0.1) is 0 Å². The molecular formula is C15H17ClF2. The summed E-state index contributed by atoms with van der Waals surface area (Å²) in [6.07, 6.45) is 4.68. The molecule has 0 unspecified atom stereocenters. The molecule has 0 aromatic heterocycles. The van der Waals surface area contributed by atoms with Crippen molar-refractivity contribution in [2.24, 2.45) is 5.92 Å². The van der Waals surface area contributed by atoms with E-state index in [0.717, 1.165) is 12.8 Å². The van der Waals surface area contributed by atoms with Crippen molar-refractivity contribution >= 4 is 17.2 Å². The van der Waals surface area contributed by atoms with E-state index in [1.165, 1.54) is 19.3 Å². The first-order valence-corrected chi connectivity index (χ1v) is 6.84. The maximum absolute atomic E-state index is 13.1. The minimum atomic E-state index is -1.55. The summed E-state index contributed by atoms with van der Waals surface area (Å²) < 4.78 is 26.2. The minimum Gasteiger partial charge on any atom is -0.173 e. The van der Waals surface area contributed by atoms with Crippen molar-refractivity contribution in [3.8, 4) is 0 Å². The van der Waals surface area contributed by atoms with Gasteiger partial charge >= 0.3 is 0 Å². The van der Waals surface area contributed by atoms with Gasteiger partial charge in [-0.3, -0.25) is 0 Å². The second-order valence-electron chi connectivity index (χ2n) is 4.95. The van der Waals surface area contributed by atoms with Gasteiger partial charge in [-0.1, -0.05) is 55.8 Å². The maximum atomic E-state index is 13.1. The third-order valence-electron chi connectivity index (χ3n) is 3.64. The Hall–Kier alpha value is -0.890. The van der Waals surface area contributed by atoms with Crippen LogP contribution in [0.1, 0.15) is 44.1 Å². The lowest BCUT2D eigenvalue weighted by Gasteiger charge is -2.22. The number of halogens is 3. The summed E-state index contributed by atoms with van der Waals surface area (Å²) in [4.78, 5) is 0. The molecule has 1 aliphatic carbocycles. The molecule has 0 amide bonds. The fraction of sp³-hybridized carbons (Fsp3) is 0.467. The summed E-state index contributed by atoms with van der Waals surface area (Å²) in [5.74, 6) is 0.408. The Labute approximate surface area is 112 Å². The highest BCUT2D eigenvalue weighted by Gasteiger charge is 2.19. The smallest absolute Gasteiger partial charge is 0.173 e. The topological polar surface area (TPSA) is 0 Å². The summed E-state index contributed by atoms with van der Waals surface area (Å²) in [6, 6.07) is 6.70. The largest absolute Gasteiger partial charge is 0.274 e. The highest BCUT2D eigenvalue weighted by Crippen LogP contribution is 2.35. The van der Waals surface area contributed by atoms with E-state index >= 15 is 0 Å². The Morgan fingerprint density at radius 3 is 2.22 bits per heavy atom. The lowest BCUT2D eigenvalue weighted by molar-refractivity contribution is 0.357. The summed E-state index contributed by atoms with van der Waals surface area (Å²) in [6.45, 7) is 0. The van der Waals surface area contributed by atoms with E-state index in [2.05, 4.69) is 0 Å². The molecule has 1 aliphatic rings. The number of allylic oxidation sites excluding steroid dienone is 1. The predicted molar refractivity (Wildman–Crippen MR) is 71.8 cm³/mol. The van der Waals surface area contributed by atoms with Crippen molar-refractivity contribution in [1.82, 2.24) is 0 Å². The third kappa shape index (κ3) is 3.55. The van der Waals surface area contributed by atoms with Gasteiger partial charge in [0, 0.05) is 10.6 Å². The third-order valence-corrected chi connectivity index (χ3v) is 3.89. The van der Waals surface area contributed by atoms with E-state index in [1.807, 2.05) is 0 Å². The van der Waals surface area contributed by atoms with E-state index in [1.54, 1.807) is 24.3 Å². The molecule has 0 heterocycles. The highest BCUT2D eigenvalue weighted by molar-refractivity contribution is 6.30. The molecule has 2 rings (SSSR count). The Balaban J connectivity index is 2.14. The van der Waals surface area contributed by atoms with Gasteiger partial charge in [0.15, 0.2) is 0 Å². The van der Waals surface area contributed by atoms with Gasteiger partial charge in [0.1, 0.15) is 0 Å². The molecule has 3 heteroatoms. The first kappa shape index (κ1) is 13.5. The lowest BCUT2D eigenvalue weighted by Crippen LogP contribution is -2.07. The van der Waals surface area contributed by atoms with Crippen LogP contribution in [0, 0.1) is 5.92 Å². The molecular weight excluding hydrogens is 254 g/mol. The van der Waals surface area contributed by atoms with E-state index in [0.29, 0.717) is 22.9 Å². The average Bonchev–Trinajstić information content (AvgIpc) is 2.38. The van der Waals surface area contributed by atoms with Gasteiger partial charge in [0.2, 0.25) is 0 Å². The highest BCUT2D eigenvalue weighted by atomic mass is 35.5. The maximum Gasteiger partial charge on any atom is 0.274 e. The fourth-order valence-electron chi connectivity index (χ4n) is 2.64. The molecule has 0 N–H and O–H groups in total. The SMILES string of the molecule is FC(F)=C(CC1CCCCC1)c1ccc(Cl)cc1. The molecule has 1 aromatic carbocycles. The van der Waals surface area contributed by atoms with E-state index in [-0.39, 0.29) is 5.57 Å². The second kappa shape index (κ2) is 6.33. The Kier molecular flexibility index (Phi) is 4.76. The molecule has 18 heavy (non-hydrogen) atoms. The Morgan fingerprint density at radius 2 is 1.67 bits per heavy atom. The molecule has 0 spiro atoms. The van der Waals surface area contributed by atoms with Gasteiger partial charge in [-0.15, -0.1) is 0 Å². The first-order chi connectivity index (χ1) is 8.66. The predicted octanol–water partition coefficient (Wildman–Crippen LogP) is 5.92. The zero-order valence-electron chi connectivity index (χ0n) is 10.3. The van der Waals surface area contributed by atoms with Crippen molar-refractivity contribution in [2.75, 3.05) is 0 Å². The van der Waals surface area contributed by atoms with Crippen LogP contribution in [-0.4, -0.2) is 0 Å². The molecule has 0 radical (unpaired) electrons. The van der Waals surface area contributed by atoms with E-state index < -0.39 is 6.08 Å². The molecule has 0 bridgehead atoms. The Morgan fingerprint density at radius 1 is 1.06 bits per heavy atom. The zero-order chi connectivity index (χ0) is 13.0. The van der Waals surface area contributed by atoms with Crippen molar-refractivity contribution < 1.29 is 8.78 Å². The molecule has 1 aromatic rings. The number of hydrogen-bond acceptors (Lipinski definition) is 0. The van der Waals surface area contributed by atoms with Gasteiger partial charge in [0.25, 0.3) is 6.08 Å². The summed E-state index contributed by atoms with van der Waals surface area (Å²) in [5.41, 5.74) is 0.795. The standard InChI is InChI=1S/C15H17ClF2/c16-13-8-6-12(7-9-13)14(15(17)18)10-11-4-2-1-3-5-11/h6-9,11H,1-5,10H2. The van der Waals surface area contributed by atoms with Crippen LogP contribution in [0.25, 0.3) is 5.57 Å². The van der Waals surface area contributed by atoms with Crippen molar-refractivity contribution in [1.29, 1.82) is 0 Å². The summed E-state index contributed by atoms with van der Waals surface area (Å²) in [7, 11) is 0. The van der Waals surface area contributed by atoms with Crippen molar-refractivity contribution in [2.45, 2.75) is 38.5 Å². The van der Waals surface area contributed by atoms with Gasteiger partial charge in [-0.25, -0.2) is 0 Å². The van der Waals surface area contributed by atoms with E-state index in [4.69, 9.17) is 11.6 Å². The van der Waals surface area contributed by atoms with Crippen LogP contribution in [0.5, 0.6) is 0 Å². The van der Waals surface area contributed by atoms with Crippen LogP contribution in [0.3, 0.4) is 0 Å². The molecule has 1 fully saturated rings. The number of benzene rings is 1. The van der Waals surface area contributed by atoms with Gasteiger partial charge in [-0.2, -0.15) is 8.78 Å². The zero-order valence-corrected chi connectivity index (χ0v) is 11.0. The minimum absolute atomic E-state index is 0.193. The molecule has 0 aliphatic heterocycles.